The van der Waals surface area contributed by atoms with Gasteiger partial charge in [0.15, 0.2) is 5.58 Å². The molecule has 0 saturated carbocycles. The zero-order valence-electron chi connectivity index (χ0n) is 27.5. The van der Waals surface area contributed by atoms with Crippen LogP contribution in [0, 0.1) is 0 Å². The van der Waals surface area contributed by atoms with E-state index in [1.54, 1.807) is 0 Å². The SMILES string of the molecule is C1=CC(c2ccc(N(c3ccc(-c4ccccc4)cc3)c3ccc(-c4ccc5c(ccc6oc(-c7ccccc7)nc65)c4)cc3)cc2)=CCC1. The molecule has 1 aliphatic rings. The first kappa shape index (κ1) is 29.7. The van der Waals surface area contributed by atoms with Crippen LogP contribution in [0.4, 0.5) is 17.1 Å². The van der Waals surface area contributed by atoms with Crippen LogP contribution >= 0.6 is 0 Å². The number of anilines is 3. The van der Waals surface area contributed by atoms with Gasteiger partial charge in [-0.1, -0.05) is 121 Å². The molecule has 50 heavy (non-hydrogen) atoms. The van der Waals surface area contributed by atoms with Gasteiger partial charge in [0.25, 0.3) is 0 Å². The molecule has 0 radical (unpaired) electrons. The predicted octanol–water partition coefficient (Wildman–Crippen LogP) is 13.2. The lowest BCUT2D eigenvalue weighted by molar-refractivity contribution is 0.620. The summed E-state index contributed by atoms with van der Waals surface area (Å²) in [6.07, 6.45) is 9.04. The van der Waals surface area contributed by atoms with Gasteiger partial charge < -0.3 is 9.32 Å². The minimum atomic E-state index is 0.643. The van der Waals surface area contributed by atoms with Crippen molar-refractivity contribution >= 4 is 44.5 Å². The number of rotatable bonds is 7. The summed E-state index contributed by atoms with van der Waals surface area (Å²) in [5, 5.41) is 2.22. The third-order valence-electron chi connectivity index (χ3n) is 9.54. The summed E-state index contributed by atoms with van der Waals surface area (Å²) in [5.41, 5.74) is 13.3. The van der Waals surface area contributed by atoms with E-state index < -0.39 is 0 Å². The van der Waals surface area contributed by atoms with Crippen molar-refractivity contribution < 1.29 is 4.42 Å². The van der Waals surface area contributed by atoms with Gasteiger partial charge >= 0.3 is 0 Å². The Morgan fingerprint density at radius 2 is 1.04 bits per heavy atom. The molecule has 238 valence electrons. The lowest BCUT2D eigenvalue weighted by atomic mass is 9.99. The van der Waals surface area contributed by atoms with Crippen molar-refractivity contribution in [1.82, 2.24) is 4.98 Å². The number of nitrogens with zero attached hydrogens (tertiary/aromatic N) is 2. The molecule has 3 nitrogen and oxygen atoms in total. The molecule has 0 unspecified atom stereocenters. The molecule has 1 aromatic heterocycles. The number of hydrogen-bond donors (Lipinski definition) is 0. The normalized spacial score (nSPS) is 12.7. The summed E-state index contributed by atoms with van der Waals surface area (Å²) in [5.74, 6) is 0.643. The van der Waals surface area contributed by atoms with Crippen molar-refractivity contribution in [1.29, 1.82) is 0 Å². The van der Waals surface area contributed by atoms with Crippen LogP contribution in [-0.4, -0.2) is 4.98 Å². The highest BCUT2D eigenvalue weighted by molar-refractivity contribution is 6.05. The Hall–Kier alpha value is -6.45. The van der Waals surface area contributed by atoms with Gasteiger partial charge in [-0.2, -0.15) is 0 Å². The van der Waals surface area contributed by atoms with Crippen LogP contribution in [0.15, 0.2) is 186 Å². The average molecular weight is 643 g/mol. The fourth-order valence-corrected chi connectivity index (χ4v) is 6.92. The number of oxazole rings is 1. The number of allylic oxidation sites excluding steroid dienone is 4. The van der Waals surface area contributed by atoms with E-state index in [0.717, 1.165) is 68.5 Å². The Morgan fingerprint density at radius 3 is 1.66 bits per heavy atom. The third-order valence-corrected chi connectivity index (χ3v) is 9.54. The van der Waals surface area contributed by atoms with E-state index in [1.807, 2.05) is 36.4 Å². The molecule has 0 fully saturated rings. The van der Waals surface area contributed by atoms with Gasteiger partial charge in [0.1, 0.15) is 5.52 Å². The van der Waals surface area contributed by atoms with Crippen LogP contribution in [0.1, 0.15) is 18.4 Å². The summed E-state index contributed by atoms with van der Waals surface area (Å²) in [7, 11) is 0. The van der Waals surface area contributed by atoms with E-state index in [1.165, 1.54) is 22.3 Å². The maximum absolute atomic E-state index is 6.13. The highest BCUT2D eigenvalue weighted by Gasteiger charge is 2.15. The minimum Gasteiger partial charge on any atom is -0.436 e. The van der Waals surface area contributed by atoms with E-state index in [2.05, 4.69) is 151 Å². The third kappa shape index (κ3) is 5.69. The van der Waals surface area contributed by atoms with Gasteiger partial charge in [0.2, 0.25) is 5.89 Å². The molecule has 0 spiro atoms. The lowest BCUT2D eigenvalue weighted by Gasteiger charge is -2.26. The molecule has 0 aliphatic heterocycles. The summed E-state index contributed by atoms with van der Waals surface area (Å²) < 4.78 is 6.13. The molecule has 0 bridgehead atoms. The predicted molar refractivity (Wildman–Crippen MR) is 209 cm³/mol. The zero-order valence-corrected chi connectivity index (χ0v) is 27.5. The van der Waals surface area contributed by atoms with Gasteiger partial charge in [0, 0.05) is 28.0 Å². The monoisotopic (exact) mass is 642 g/mol. The second kappa shape index (κ2) is 12.9. The van der Waals surface area contributed by atoms with Gasteiger partial charge in [-0.15, -0.1) is 0 Å². The maximum Gasteiger partial charge on any atom is 0.227 e. The fraction of sp³-hybridized carbons (Fsp3) is 0.0426. The smallest absolute Gasteiger partial charge is 0.227 e. The standard InChI is InChI=1S/C47H34N2O/c1-4-10-33(11-5-1)35-16-24-41(25-17-35)49(42-26-18-36(19-27-42)34-12-6-2-7-13-34)43-28-20-37(21-29-43)39-22-30-44-40(32-39)23-31-45-46(44)48-47(50-45)38-14-8-3-9-15-38/h1,3-6,8-32H,2,7H2. The van der Waals surface area contributed by atoms with E-state index in [9.17, 15) is 0 Å². The summed E-state index contributed by atoms with van der Waals surface area (Å²) in [6.45, 7) is 0. The molecule has 0 N–H and O–H groups in total. The second-order valence-electron chi connectivity index (χ2n) is 12.7. The van der Waals surface area contributed by atoms with E-state index in [-0.39, 0.29) is 0 Å². The van der Waals surface area contributed by atoms with Crippen LogP contribution in [0.5, 0.6) is 0 Å². The van der Waals surface area contributed by atoms with Crippen LogP contribution in [-0.2, 0) is 0 Å². The molecule has 0 amide bonds. The van der Waals surface area contributed by atoms with Crippen LogP contribution in [0.25, 0.3) is 61.2 Å². The van der Waals surface area contributed by atoms with Gasteiger partial charge in [-0.3, -0.25) is 0 Å². The Morgan fingerprint density at radius 1 is 0.480 bits per heavy atom. The first-order chi connectivity index (χ1) is 24.8. The molecular formula is C47H34N2O. The molecule has 3 heteroatoms. The number of fused-ring (bicyclic) bond motifs is 3. The van der Waals surface area contributed by atoms with Crippen molar-refractivity contribution in [3.8, 4) is 33.7 Å². The van der Waals surface area contributed by atoms with Crippen molar-refractivity contribution in [2.24, 2.45) is 0 Å². The van der Waals surface area contributed by atoms with Crippen LogP contribution < -0.4 is 4.90 Å². The van der Waals surface area contributed by atoms with Crippen molar-refractivity contribution in [3.05, 3.63) is 188 Å². The molecule has 0 atom stereocenters. The number of benzene rings is 7. The molecule has 7 aromatic carbocycles. The Kier molecular flexibility index (Phi) is 7.64. The molecule has 0 saturated heterocycles. The zero-order chi connectivity index (χ0) is 33.3. The van der Waals surface area contributed by atoms with Gasteiger partial charge in [0.05, 0.1) is 0 Å². The maximum atomic E-state index is 6.13. The topological polar surface area (TPSA) is 29.3 Å². The first-order valence-corrected chi connectivity index (χ1v) is 17.2. The fourth-order valence-electron chi connectivity index (χ4n) is 6.92. The van der Waals surface area contributed by atoms with Gasteiger partial charge in [-0.25, -0.2) is 4.98 Å². The Balaban J connectivity index is 1.05. The van der Waals surface area contributed by atoms with E-state index in [4.69, 9.17) is 9.40 Å². The number of hydrogen-bond acceptors (Lipinski definition) is 3. The van der Waals surface area contributed by atoms with Crippen molar-refractivity contribution in [2.75, 3.05) is 4.90 Å². The first-order valence-electron chi connectivity index (χ1n) is 17.2. The highest BCUT2D eigenvalue weighted by atomic mass is 16.3. The van der Waals surface area contributed by atoms with Crippen LogP contribution in [0.2, 0.25) is 0 Å². The summed E-state index contributed by atoms with van der Waals surface area (Å²) in [4.78, 5) is 7.21. The lowest BCUT2D eigenvalue weighted by Crippen LogP contribution is -2.10. The second-order valence-corrected chi connectivity index (χ2v) is 12.7. The van der Waals surface area contributed by atoms with E-state index in [0.29, 0.717) is 5.89 Å². The quantitative estimate of drug-likeness (QED) is 0.173. The average Bonchev–Trinajstić information content (AvgIpc) is 3.65. The van der Waals surface area contributed by atoms with Gasteiger partial charge in [-0.05, 0) is 112 Å². The van der Waals surface area contributed by atoms with Crippen molar-refractivity contribution in [2.45, 2.75) is 12.8 Å². The van der Waals surface area contributed by atoms with E-state index >= 15 is 0 Å². The number of aromatic nitrogens is 1. The Bertz CT molecular complexity index is 2490. The van der Waals surface area contributed by atoms with Crippen LogP contribution in [0.3, 0.4) is 0 Å². The molecular weight excluding hydrogens is 609 g/mol. The molecule has 8 aromatic rings. The largest absolute Gasteiger partial charge is 0.436 e. The minimum absolute atomic E-state index is 0.643. The molecule has 1 heterocycles. The highest BCUT2D eigenvalue weighted by Crippen LogP contribution is 2.38. The summed E-state index contributed by atoms with van der Waals surface area (Å²) in [6, 6.07) is 58.0. The Labute approximate surface area is 292 Å². The molecule has 1 aliphatic carbocycles. The molecule has 9 rings (SSSR count). The van der Waals surface area contributed by atoms with Crippen molar-refractivity contribution in [3.63, 3.8) is 0 Å². The summed E-state index contributed by atoms with van der Waals surface area (Å²) >= 11 is 0.